The number of hydrogen-bond donors (Lipinski definition) is 1. The fourth-order valence-electron chi connectivity index (χ4n) is 1.48. The number of alkyl halides is 2. The molecule has 2 rings (SSSR count). The quantitative estimate of drug-likeness (QED) is 0.870. The Kier molecular flexibility index (Phi) is 4.29. The van der Waals surface area contributed by atoms with E-state index in [1.165, 1.54) is 6.07 Å². The van der Waals surface area contributed by atoms with Gasteiger partial charge >= 0.3 is 6.61 Å². The molecule has 1 aromatic carbocycles. The zero-order valence-corrected chi connectivity index (χ0v) is 8.77. The lowest BCUT2D eigenvalue weighted by Gasteiger charge is -2.28. The molecule has 0 aromatic heterocycles. The van der Waals surface area contributed by atoms with E-state index in [9.17, 15) is 8.78 Å². The van der Waals surface area contributed by atoms with Crippen molar-refractivity contribution in [1.82, 2.24) is 5.32 Å². The van der Waals surface area contributed by atoms with E-state index in [0.29, 0.717) is 6.04 Å². The highest BCUT2D eigenvalue weighted by molar-refractivity contribution is 5.85. The van der Waals surface area contributed by atoms with Crippen LogP contribution in [0.15, 0.2) is 24.3 Å². The summed E-state index contributed by atoms with van der Waals surface area (Å²) in [4.78, 5) is 0. The standard InChI is InChI=1S/C10H11F2NO.ClH/c11-10(12)14-8-3-1-2-7(6-8)9-4-5-13-9;/h1-3,6,9-10,13H,4-5H2;1H/t9-;/m0./s1. The van der Waals surface area contributed by atoms with Crippen molar-refractivity contribution in [3.8, 4) is 5.75 Å². The first-order valence-corrected chi connectivity index (χ1v) is 4.54. The zero-order valence-electron chi connectivity index (χ0n) is 7.95. The van der Waals surface area contributed by atoms with Crippen LogP contribution in [0.2, 0.25) is 0 Å². The summed E-state index contributed by atoms with van der Waals surface area (Å²) in [6.07, 6.45) is 1.05. The fourth-order valence-corrected chi connectivity index (χ4v) is 1.48. The normalized spacial score (nSPS) is 19.3. The largest absolute Gasteiger partial charge is 0.435 e. The van der Waals surface area contributed by atoms with Gasteiger partial charge in [0.25, 0.3) is 0 Å². The van der Waals surface area contributed by atoms with Crippen molar-refractivity contribution in [2.24, 2.45) is 0 Å². The van der Waals surface area contributed by atoms with Gasteiger partial charge < -0.3 is 10.1 Å². The minimum absolute atomic E-state index is 0. The van der Waals surface area contributed by atoms with E-state index in [1.807, 2.05) is 6.07 Å². The molecule has 2 nitrogen and oxygen atoms in total. The molecule has 0 saturated carbocycles. The minimum atomic E-state index is -2.75. The summed E-state index contributed by atoms with van der Waals surface area (Å²) in [6.45, 7) is -1.76. The van der Waals surface area contributed by atoms with E-state index < -0.39 is 6.61 Å². The summed E-state index contributed by atoms with van der Waals surface area (Å²) < 4.78 is 28.1. The Hall–Kier alpha value is -0.870. The predicted molar refractivity (Wildman–Crippen MR) is 55.7 cm³/mol. The van der Waals surface area contributed by atoms with Crippen LogP contribution in [-0.2, 0) is 0 Å². The molecule has 15 heavy (non-hydrogen) atoms. The molecule has 84 valence electrons. The molecule has 0 unspecified atom stereocenters. The highest BCUT2D eigenvalue weighted by atomic mass is 35.5. The number of rotatable bonds is 3. The highest BCUT2D eigenvalue weighted by Gasteiger charge is 2.18. The van der Waals surface area contributed by atoms with Crippen LogP contribution in [0.1, 0.15) is 18.0 Å². The van der Waals surface area contributed by atoms with Crippen molar-refractivity contribution in [1.29, 1.82) is 0 Å². The molecule has 1 aliphatic rings. The van der Waals surface area contributed by atoms with Crippen molar-refractivity contribution in [2.75, 3.05) is 6.54 Å². The maximum absolute atomic E-state index is 11.9. The number of benzene rings is 1. The van der Waals surface area contributed by atoms with Gasteiger partial charge in [-0.05, 0) is 30.7 Å². The third-order valence-corrected chi connectivity index (χ3v) is 2.31. The van der Waals surface area contributed by atoms with Crippen LogP contribution in [-0.4, -0.2) is 13.2 Å². The van der Waals surface area contributed by atoms with Gasteiger partial charge in [-0.2, -0.15) is 8.78 Å². The summed E-state index contributed by atoms with van der Waals surface area (Å²) in [7, 11) is 0. The average molecular weight is 236 g/mol. The molecule has 1 heterocycles. The molecule has 1 saturated heterocycles. The van der Waals surface area contributed by atoms with Gasteiger partial charge in [-0.3, -0.25) is 0 Å². The lowest BCUT2D eigenvalue weighted by atomic mass is 9.98. The molecule has 0 amide bonds. The van der Waals surface area contributed by atoms with E-state index >= 15 is 0 Å². The van der Waals surface area contributed by atoms with Crippen molar-refractivity contribution in [3.63, 3.8) is 0 Å². The molecule has 1 atom stereocenters. The minimum Gasteiger partial charge on any atom is -0.435 e. The highest BCUT2D eigenvalue weighted by Crippen LogP contribution is 2.26. The molecule has 1 N–H and O–H groups in total. The smallest absolute Gasteiger partial charge is 0.387 e. The second-order valence-corrected chi connectivity index (χ2v) is 3.25. The van der Waals surface area contributed by atoms with Crippen molar-refractivity contribution in [3.05, 3.63) is 29.8 Å². The van der Waals surface area contributed by atoms with Gasteiger partial charge in [-0.25, -0.2) is 0 Å². The van der Waals surface area contributed by atoms with Gasteiger partial charge in [0.05, 0.1) is 0 Å². The number of nitrogens with one attached hydrogen (secondary N) is 1. The first-order chi connectivity index (χ1) is 6.75. The summed E-state index contributed by atoms with van der Waals surface area (Å²) >= 11 is 0. The van der Waals surface area contributed by atoms with Crippen LogP contribution in [0.3, 0.4) is 0 Å². The first kappa shape index (κ1) is 12.2. The van der Waals surface area contributed by atoms with Crippen LogP contribution in [0.4, 0.5) is 8.78 Å². The van der Waals surface area contributed by atoms with Crippen LogP contribution in [0.25, 0.3) is 0 Å². The average Bonchev–Trinajstić information content (AvgIpc) is 1.99. The molecule has 0 aliphatic carbocycles. The van der Waals surface area contributed by atoms with Crippen LogP contribution in [0.5, 0.6) is 5.75 Å². The summed E-state index contributed by atoms with van der Waals surface area (Å²) in [5.41, 5.74) is 1.01. The Morgan fingerprint density at radius 3 is 2.67 bits per heavy atom. The molecule has 0 spiro atoms. The lowest BCUT2D eigenvalue weighted by Crippen LogP contribution is -2.34. The van der Waals surface area contributed by atoms with Gasteiger partial charge in [-0.1, -0.05) is 12.1 Å². The summed E-state index contributed by atoms with van der Waals surface area (Å²) in [6, 6.07) is 7.13. The van der Waals surface area contributed by atoms with Crippen molar-refractivity contribution >= 4 is 12.4 Å². The van der Waals surface area contributed by atoms with Crippen molar-refractivity contribution in [2.45, 2.75) is 19.1 Å². The predicted octanol–water partition coefficient (Wildman–Crippen LogP) is 2.74. The maximum atomic E-state index is 11.9. The van der Waals surface area contributed by atoms with Gasteiger partial charge in [0.15, 0.2) is 0 Å². The first-order valence-electron chi connectivity index (χ1n) is 4.54. The Bertz CT molecular complexity index is 318. The van der Waals surface area contributed by atoms with Crippen LogP contribution in [0, 0.1) is 0 Å². The molecule has 0 bridgehead atoms. The van der Waals surface area contributed by atoms with Crippen LogP contribution < -0.4 is 10.1 Å². The van der Waals surface area contributed by atoms with Gasteiger partial charge in [0.1, 0.15) is 5.75 Å². The maximum Gasteiger partial charge on any atom is 0.387 e. The third-order valence-electron chi connectivity index (χ3n) is 2.31. The Balaban J connectivity index is 0.00000112. The molecular formula is C10H12ClF2NO. The van der Waals surface area contributed by atoms with E-state index in [1.54, 1.807) is 12.1 Å². The second-order valence-electron chi connectivity index (χ2n) is 3.25. The number of hydrogen-bond acceptors (Lipinski definition) is 2. The topological polar surface area (TPSA) is 21.3 Å². The Labute approximate surface area is 93.0 Å². The second kappa shape index (κ2) is 5.28. The van der Waals surface area contributed by atoms with Gasteiger partial charge in [0.2, 0.25) is 0 Å². The Morgan fingerprint density at radius 2 is 2.13 bits per heavy atom. The number of halogens is 3. The summed E-state index contributed by atoms with van der Waals surface area (Å²) in [5.74, 6) is 0.228. The summed E-state index contributed by atoms with van der Waals surface area (Å²) in [5, 5.41) is 3.20. The third kappa shape index (κ3) is 3.04. The molecule has 1 fully saturated rings. The SMILES string of the molecule is Cl.FC(F)Oc1cccc([C@@H]2CCN2)c1. The van der Waals surface area contributed by atoms with Crippen LogP contribution >= 0.6 is 12.4 Å². The molecule has 1 aromatic rings. The van der Waals surface area contributed by atoms with E-state index in [0.717, 1.165) is 18.5 Å². The Morgan fingerprint density at radius 1 is 1.40 bits per heavy atom. The van der Waals surface area contributed by atoms with Gasteiger partial charge in [0, 0.05) is 6.04 Å². The van der Waals surface area contributed by atoms with E-state index in [-0.39, 0.29) is 18.2 Å². The van der Waals surface area contributed by atoms with E-state index in [2.05, 4.69) is 10.1 Å². The van der Waals surface area contributed by atoms with Crippen molar-refractivity contribution < 1.29 is 13.5 Å². The van der Waals surface area contributed by atoms with Gasteiger partial charge in [-0.15, -0.1) is 12.4 Å². The monoisotopic (exact) mass is 235 g/mol. The lowest BCUT2D eigenvalue weighted by molar-refractivity contribution is -0.0499. The molecular weight excluding hydrogens is 224 g/mol. The van der Waals surface area contributed by atoms with E-state index in [4.69, 9.17) is 0 Å². The fraction of sp³-hybridized carbons (Fsp3) is 0.400. The molecule has 5 heteroatoms. The zero-order chi connectivity index (χ0) is 9.97. The molecule has 0 radical (unpaired) electrons. The molecule has 1 aliphatic heterocycles. The number of ether oxygens (including phenoxy) is 1.